The summed E-state index contributed by atoms with van der Waals surface area (Å²) in [4.78, 5) is 21.9. The predicted molar refractivity (Wildman–Crippen MR) is 283 cm³/mol. The van der Waals surface area contributed by atoms with Gasteiger partial charge in [-0.15, -0.1) is 0 Å². The second-order valence-corrected chi connectivity index (χ2v) is 20.0. The van der Waals surface area contributed by atoms with Crippen molar-refractivity contribution in [3.63, 3.8) is 0 Å². The van der Waals surface area contributed by atoms with E-state index in [4.69, 9.17) is 61.0 Å². The number of methoxy groups -OCH3 is 1. The number of ether oxygens (including phenoxy) is 3. The van der Waals surface area contributed by atoms with E-state index in [1.807, 2.05) is 121 Å². The summed E-state index contributed by atoms with van der Waals surface area (Å²) in [6.45, 7) is 1.32. The van der Waals surface area contributed by atoms with Gasteiger partial charge in [-0.25, -0.2) is 0 Å². The highest BCUT2D eigenvalue weighted by Gasteiger charge is 2.16. The van der Waals surface area contributed by atoms with Crippen molar-refractivity contribution in [1.82, 2.24) is 0 Å². The largest absolute Gasteiger partial charge is 0.493 e. The topological polar surface area (TPSA) is 82.1 Å². The third kappa shape index (κ3) is 20.5. The summed E-state index contributed by atoms with van der Waals surface area (Å²) in [6.07, 6.45) is 6.07. The Bertz CT molecular complexity index is 2240. The number of hydrogen-bond acceptors (Lipinski definition) is 7. The van der Waals surface area contributed by atoms with E-state index in [1.54, 1.807) is 0 Å². The Morgan fingerprint density at radius 1 is 0.478 bits per heavy atom. The summed E-state index contributed by atoms with van der Waals surface area (Å²) in [5.41, 5.74) is 7.19. The Kier molecular flexibility index (Phi) is 24.2. The molecule has 1 N–H and O–H groups in total. The fourth-order valence-corrected chi connectivity index (χ4v) is 9.41. The molecule has 0 aromatic heterocycles. The molecule has 67 heavy (non-hydrogen) atoms. The molecule has 6 rings (SSSR count). The molecule has 6 nitrogen and oxygen atoms in total. The lowest BCUT2D eigenvalue weighted by atomic mass is 9.88. The van der Waals surface area contributed by atoms with E-state index in [2.05, 4.69) is 53.3 Å². The van der Waals surface area contributed by atoms with Crippen molar-refractivity contribution < 1.29 is 28.9 Å². The fourth-order valence-electron chi connectivity index (χ4n) is 7.36. The lowest BCUT2D eigenvalue weighted by molar-refractivity contribution is -0.140. The number of carbonyl (C=O) groups excluding carboxylic acids is 1. The molecule has 0 saturated heterocycles. The van der Waals surface area contributed by atoms with Gasteiger partial charge in [0.05, 0.1) is 20.3 Å². The summed E-state index contributed by atoms with van der Waals surface area (Å²) < 4.78 is 16.4. The minimum Gasteiger partial charge on any atom is -0.493 e. The number of carboxylic acid groups (broad SMARTS) is 1. The number of aliphatic carboxylic acids is 1. The minimum atomic E-state index is -0.778. The number of hydrogen-bond donors (Lipinski definition) is 1. The van der Waals surface area contributed by atoms with E-state index < -0.39 is 5.97 Å². The Morgan fingerprint density at radius 2 is 0.806 bits per heavy atom. The minimum absolute atomic E-state index is 0.147. The average Bonchev–Trinajstić information content (AvgIpc) is 3.34. The Labute approximate surface area is 425 Å². The van der Waals surface area contributed by atoms with Crippen molar-refractivity contribution in [3.05, 3.63) is 199 Å². The fraction of sp³-hybridized carbons (Fsp3) is 0.309. The first kappa shape index (κ1) is 53.7. The molecule has 0 aliphatic heterocycles. The number of carbonyl (C=O) groups is 2. The maximum atomic E-state index is 11.2. The van der Waals surface area contributed by atoms with Crippen molar-refractivity contribution in [2.24, 2.45) is 0 Å². The summed E-state index contributed by atoms with van der Waals surface area (Å²) in [7, 11) is 1.41. The van der Waals surface area contributed by atoms with Crippen LogP contribution in [0.3, 0.4) is 0 Å². The molecule has 0 radical (unpaired) electrons. The molecule has 0 saturated carbocycles. The maximum Gasteiger partial charge on any atom is 0.305 e. The van der Waals surface area contributed by atoms with Gasteiger partial charge in [-0.1, -0.05) is 119 Å². The van der Waals surface area contributed by atoms with Crippen molar-refractivity contribution in [2.45, 2.75) is 63.2 Å². The van der Waals surface area contributed by atoms with Gasteiger partial charge in [-0.3, -0.25) is 9.59 Å². The molecule has 354 valence electrons. The maximum absolute atomic E-state index is 11.2. The molecular weight excluding hydrogens is 963 g/mol. The molecule has 0 amide bonds. The van der Waals surface area contributed by atoms with E-state index in [0.717, 1.165) is 91.4 Å². The standard InChI is InChI=1S/C28H30Cl2O3S.C27H28Cl2O3S/c1-32-28(31)17-6-21-4-15-26(16-5-21)33-18-20-34-19-2-3-27(22-7-11-24(29)12-8-22)23-9-13-25(30)14-10-23;28-23-10-6-21(7-11-23)26(22-8-12-24(29)13-9-22)2-1-18-33-19-17-32-25-14-3-20(4-15-25)5-16-27(30)31/h4-5,7-16,27H,2-3,6,17-20H2,1H3;3-4,6-15,26H,1-2,5,16-19H2,(H,30,31). The molecule has 0 aliphatic rings. The number of halogens is 4. The average molecular weight is 1020 g/mol. The Balaban J connectivity index is 0.000000251. The monoisotopic (exact) mass is 1020 g/mol. The smallest absolute Gasteiger partial charge is 0.305 e. The molecule has 0 unspecified atom stereocenters. The molecule has 6 aromatic rings. The van der Waals surface area contributed by atoms with Crippen molar-refractivity contribution in [1.29, 1.82) is 0 Å². The SMILES string of the molecule is COC(=O)CCc1ccc(OCCSCCCC(c2ccc(Cl)cc2)c2ccc(Cl)cc2)cc1.O=C(O)CCc1ccc(OCCSCCCC(c2ccc(Cl)cc2)c2ccc(Cl)cc2)cc1. The van der Waals surface area contributed by atoms with Crippen LogP contribution in [0.1, 0.15) is 83.7 Å². The zero-order valence-electron chi connectivity index (χ0n) is 37.7. The predicted octanol–water partition coefficient (Wildman–Crippen LogP) is 15.6. The summed E-state index contributed by atoms with van der Waals surface area (Å²) in [5, 5.41) is 11.8. The molecule has 6 aromatic carbocycles. The van der Waals surface area contributed by atoms with Crippen LogP contribution in [0.4, 0.5) is 0 Å². The molecular formula is C55H58Cl4O6S2. The molecule has 0 heterocycles. The molecule has 0 atom stereocenters. The number of esters is 1. The van der Waals surface area contributed by atoms with E-state index in [-0.39, 0.29) is 12.4 Å². The summed E-state index contributed by atoms with van der Waals surface area (Å²) in [6, 6.07) is 48.1. The number of carboxylic acids is 1. The van der Waals surface area contributed by atoms with Crippen LogP contribution in [-0.4, -0.2) is 60.4 Å². The van der Waals surface area contributed by atoms with Gasteiger partial charge >= 0.3 is 11.9 Å². The van der Waals surface area contributed by atoms with Gasteiger partial charge in [-0.2, -0.15) is 23.5 Å². The zero-order chi connectivity index (χ0) is 47.6. The quantitative estimate of drug-likeness (QED) is 0.0425. The van der Waals surface area contributed by atoms with Gasteiger partial charge in [0, 0.05) is 56.3 Å². The highest BCUT2D eigenvalue weighted by molar-refractivity contribution is 7.99. The zero-order valence-corrected chi connectivity index (χ0v) is 42.4. The lowest BCUT2D eigenvalue weighted by Gasteiger charge is -2.18. The molecule has 0 bridgehead atoms. The van der Waals surface area contributed by atoms with Crippen LogP contribution in [0.25, 0.3) is 0 Å². The van der Waals surface area contributed by atoms with E-state index in [9.17, 15) is 9.59 Å². The first-order valence-corrected chi connectivity index (χ1v) is 26.3. The summed E-state index contributed by atoms with van der Waals surface area (Å²) in [5.74, 6) is 5.35. The van der Waals surface area contributed by atoms with Gasteiger partial charge in [0.25, 0.3) is 0 Å². The van der Waals surface area contributed by atoms with Crippen LogP contribution in [0, 0.1) is 0 Å². The normalized spacial score (nSPS) is 11.0. The van der Waals surface area contributed by atoms with Crippen LogP contribution >= 0.6 is 69.9 Å². The second kappa shape index (κ2) is 30.3. The van der Waals surface area contributed by atoms with Gasteiger partial charge < -0.3 is 19.3 Å². The first-order chi connectivity index (χ1) is 32.6. The lowest BCUT2D eigenvalue weighted by Crippen LogP contribution is -2.04. The number of thioether (sulfide) groups is 2. The van der Waals surface area contributed by atoms with E-state index >= 15 is 0 Å². The van der Waals surface area contributed by atoms with Crippen LogP contribution < -0.4 is 9.47 Å². The highest BCUT2D eigenvalue weighted by Crippen LogP contribution is 2.33. The van der Waals surface area contributed by atoms with Crippen molar-refractivity contribution in [3.8, 4) is 11.5 Å². The Hall–Kier alpha value is -4.28. The molecule has 12 heteroatoms. The second-order valence-electron chi connectivity index (χ2n) is 15.8. The number of rotatable bonds is 26. The van der Waals surface area contributed by atoms with Gasteiger partial charge in [0.15, 0.2) is 0 Å². The van der Waals surface area contributed by atoms with Crippen LogP contribution in [0.2, 0.25) is 20.1 Å². The van der Waals surface area contributed by atoms with Crippen molar-refractivity contribution >= 4 is 81.9 Å². The van der Waals surface area contributed by atoms with Crippen LogP contribution in [-0.2, 0) is 27.2 Å². The third-order valence-electron chi connectivity index (χ3n) is 11.0. The number of benzene rings is 6. The third-order valence-corrected chi connectivity index (χ3v) is 14.0. The summed E-state index contributed by atoms with van der Waals surface area (Å²) >= 11 is 28.1. The van der Waals surface area contributed by atoms with E-state index in [1.165, 1.54) is 29.4 Å². The van der Waals surface area contributed by atoms with E-state index in [0.29, 0.717) is 44.3 Å². The van der Waals surface area contributed by atoms with Gasteiger partial charge in [-0.05, 0) is 156 Å². The van der Waals surface area contributed by atoms with Crippen LogP contribution in [0.15, 0.2) is 146 Å². The van der Waals surface area contributed by atoms with Gasteiger partial charge in [0.2, 0.25) is 0 Å². The number of aryl methyl sites for hydroxylation is 2. The van der Waals surface area contributed by atoms with Gasteiger partial charge in [0.1, 0.15) is 11.5 Å². The Morgan fingerprint density at radius 3 is 1.12 bits per heavy atom. The van der Waals surface area contributed by atoms with Crippen LogP contribution in [0.5, 0.6) is 11.5 Å². The highest BCUT2D eigenvalue weighted by atomic mass is 35.5. The molecule has 0 fully saturated rings. The molecule has 0 spiro atoms. The molecule has 0 aliphatic carbocycles. The first-order valence-electron chi connectivity index (χ1n) is 22.5. The van der Waals surface area contributed by atoms with Crippen molar-refractivity contribution in [2.75, 3.05) is 43.3 Å².